The Labute approximate surface area is 239 Å². The Morgan fingerprint density at radius 3 is 2.03 bits per heavy atom. The lowest BCUT2D eigenvalue weighted by atomic mass is 10.0. The smallest absolute Gasteiger partial charge is 0.338 e. The molecule has 1 aromatic carbocycles. The molecule has 1 atom stereocenters. The van der Waals surface area contributed by atoms with Crippen LogP contribution in [0.3, 0.4) is 0 Å². The maximum Gasteiger partial charge on any atom is 0.338 e. The van der Waals surface area contributed by atoms with Crippen molar-refractivity contribution in [1.29, 1.82) is 0 Å². The first-order valence-corrected chi connectivity index (χ1v) is 15.7. The van der Waals surface area contributed by atoms with E-state index in [1.165, 1.54) is 83.5 Å². The summed E-state index contributed by atoms with van der Waals surface area (Å²) in [6.45, 7) is 8.42. The minimum Gasteiger partial charge on any atom is -0.459 e. The minimum absolute atomic E-state index is 0.193. The van der Waals surface area contributed by atoms with Gasteiger partial charge in [-0.1, -0.05) is 103 Å². The SMILES string of the molecule is CCCCCCCCCCCCCCCCOCC(COC(=O)c1cccc(CN2C=CN(CC)C2)c1)OC. The number of rotatable bonds is 24. The molecule has 1 aliphatic rings. The van der Waals surface area contributed by atoms with Gasteiger partial charge in [-0.2, -0.15) is 0 Å². The predicted molar refractivity (Wildman–Crippen MR) is 161 cm³/mol. The Morgan fingerprint density at radius 2 is 1.44 bits per heavy atom. The zero-order valence-corrected chi connectivity index (χ0v) is 25.2. The molecular formula is C33H56N2O4. The Bertz CT molecular complexity index is 785. The molecule has 0 bridgehead atoms. The second kappa shape index (κ2) is 21.7. The summed E-state index contributed by atoms with van der Waals surface area (Å²) >= 11 is 0. The van der Waals surface area contributed by atoms with Crippen LogP contribution in [0.25, 0.3) is 0 Å². The van der Waals surface area contributed by atoms with E-state index in [2.05, 4.69) is 36.0 Å². The predicted octanol–water partition coefficient (Wildman–Crippen LogP) is 7.92. The summed E-state index contributed by atoms with van der Waals surface area (Å²) in [4.78, 5) is 17.1. The van der Waals surface area contributed by atoms with Crippen molar-refractivity contribution >= 4 is 5.97 Å². The van der Waals surface area contributed by atoms with E-state index < -0.39 is 0 Å². The van der Waals surface area contributed by atoms with Crippen molar-refractivity contribution in [3.8, 4) is 0 Å². The molecule has 6 heteroatoms. The molecule has 0 fully saturated rings. The molecule has 222 valence electrons. The van der Waals surface area contributed by atoms with Crippen molar-refractivity contribution in [3.63, 3.8) is 0 Å². The van der Waals surface area contributed by atoms with Crippen LogP contribution in [-0.2, 0) is 20.8 Å². The minimum atomic E-state index is -0.321. The van der Waals surface area contributed by atoms with Gasteiger partial charge in [-0.3, -0.25) is 0 Å². The van der Waals surface area contributed by atoms with Gasteiger partial charge in [-0.25, -0.2) is 4.79 Å². The number of benzene rings is 1. The Hall–Kier alpha value is -2.05. The summed E-state index contributed by atoms with van der Waals surface area (Å²) in [7, 11) is 1.64. The second-order valence-electron chi connectivity index (χ2n) is 10.9. The fraction of sp³-hybridized carbons (Fsp3) is 0.727. The molecule has 1 heterocycles. The summed E-state index contributed by atoms with van der Waals surface area (Å²) in [5, 5.41) is 0. The summed E-state index contributed by atoms with van der Waals surface area (Å²) in [6.07, 6.45) is 22.9. The number of esters is 1. The van der Waals surface area contributed by atoms with Gasteiger partial charge in [0.25, 0.3) is 0 Å². The number of methoxy groups -OCH3 is 1. The lowest BCUT2D eigenvalue weighted by Crippen LogP contribution is -2.26. The first-order chi connectivity index (χ1) is 19.2. The van der Waals surface area contributed by atoms with E-state index in [9.17, 15) is 4.79 Å². The zero-order chi connectivity index (χ0) is 28.0. The van der Waals surface area contributed by atoms with Crippen molar-refractivity contribution in [2.24, 2.45) is 0 Å². The Morgan fingerprint density at radius 1 is 0.821 bits per heavy atom. The number of ether oxygens (including phenoxy) is 3. The zero-order valence-electron chi connectivity index (χ0n) is 25.2. The van der Waals surface area contributed by atoms with Gasteiger partial charge in [-0.15, -0.1) is 0 Å². The van der Waals surface area contributed by atoms with Gasteiger partial charge in [0.15, 0.2) is 0 Å². The molecule has 1 aromatic rings. The lowest BCUT2D eigenvalue weighted by molar-refractivity contribution is -0.0314. The Kier molecular flexibility index (Phi) is 18.5. The monoisotopic (exact) mass is 544 g/mol. The molecule has 1 unspecified atom stereocenters. The molecule has 0 spiro atoms. The first-order valence-electron chi connectivity index (χ1n) is 15.7. The van der Waals surface area contributed by atoms with Crippen LogP contribution in [0.15, 0.2) is 36.7 Å². The van der Waals surface area contributed by atoms with E-state index in [-0.39, 0.29) is 18.7 Å². The van der Waals surface area contributed by atoms with Crippen LogP contribution in [0, 0.1) is 0 Å². The number of carbonyl (C=O) groups is 1. The van der Waals surface area contributed by atoms with Crippen LogP contribution in [0.1, 0.15) is 120 Å². The number of unbranched alkanes of at least 4 members (excludes halogenated alkanes) is 13. The van der Waals surface area contributed by atoms with E-state index >= 15 is 0 Å². The topological polar surface area (TPSA) is 51.2 Å². The fourth-order valence-corrected chi connectivity index (χ4v) is 4.91. The van der Waals surface area contributed by atoms with Crippen LogP contribution in [-0.4, -0.2) is 62.0 Å². The van der Waals surface area contributed by atoms with E-state index in [0.717, 1.165) is 38.3 Å². The average molecular weight is 545 g/mol. The first kappa shape index (κ1) is 33.2. The third-order valence-electron chi connectivity index (χ3n) is 7.49. The highest BCUT2D eigenvalue weighted by atomic mass is 16.6. The molecule has 0 aliphatic carbocycles. The molecule has 0 amide bonds. The van der Waals surface area contributed by atoms with Gasteiger partial charge in [0.05, 0.1) is 18.8 Å². The largest absolute Gasteiger partial charge is 0.459 e. The number of hydrogen-bond donors (Lipinski definition) is 0. The van der Waals surface area contributed by atoms with Crippen LogP contribution in [0.2, 0.25) is 0 Å². The molecule has 0 N–H and O–H groups in total. The number of carbonyl (C=O) groups excluding carboxylic acids is 1. The molecule has 2 rings (SSSR count). The van der Waals surface area contributed by atoms with E-state index in [1.807, 2.05) is 18.2 Å². The van der Waals surface area contributed by atoms with Crippen LogP contribution in [0.5, 0.6) is 0 Å². The maximum absolute atomic E-state index is 12.6. The highest BCUT2D eigenvalue weighted by Crippen LogP contribution is 2.15. The summed E-state index contributed by atoms with van der Waals surface area (Å²) in [5.41, 5.74) is 1.66. The van der Waals surface area contributed by atoms with Gasteiger partial charge in [0.1, 0.15) is 12.7 Å². The molecule has 0 saturated carbocycles. The fourth-order valence-electron chi connectivity index (χ4n) is 4.91. The van der Waals surface area contributed by atoms with E-state index in [0.29, 0.717) is 12.2 Å². The van der Waals surface area contributed by atoms with Crippen molar-refractivity contribution in [2.45, 2.75) is 116 Å². The molecule has 0 radical (unpaired) electrons. The molecule has 1 aliphatic heterocycles. The van der Waals surface area contributed by atoms with E-state index in [1.54, 1.807) is 13.2 Å². The lowest BCUT2D eigenvalue weighted by Gasteiger charge is -2.20. The van der Waals surface area contributed by atoms with Gasteiger partial charge in [0.2, 0.25) is 0 Å². The normalized spacial score (nSPS) is 13.8. The van der Waals surface area contributed by atoms with Gasteiger partial charge in [-0.05, 0) is 31.0 Å². The van der Waals surface area contributed by atoms with Crippen LogP contribution < -0.4 is 0 Å². The quantitative estimate of drug-likeness (QED) is 0.0973. The van der Waals surface area contributed by atoms with Crippen molar-refractivity contribution in [2.75, 3.05) is 40.1 Å². The summed E-state index contributed by atoms with van der Waals surface area (Å²) < 4.78 is 16.8. The van der Waals surface area contributed by atoms with Gasteiger partial charge >= 0.3 is 5.97 Å². The number of nitrogens with zero attached hydrogens (tertiary/aromatic N) is 2. The van der Waals surface area contributed by atoms with Crippen LogP contribution in [0.4, 0.5) is 0 Å². The molecule has 0 aromatic heterocycles. The molecule has 39 heavy (non-hydrogen) atoms. The van der Waals surface area contributed by atoms with Gasteiger partial charge < -0.3 is 24.0 Å². The van der Waals surface area contributed by atoms with Crippen molar-refractivity contribution < 1.29 is 19.0 Å². The third-order valence-corrected chi connectivity index (χ3v) is 7.49. The summed E-state index contributed by atoms with van der Waals surface area (Å²) in [6, 6.07) is 7.68. The Balaban J connectivity index is 1.47. The standard InChI is InChI=1S/C33H56N2O4/c1-4-6-7-8-9-10-11-12-13-14-15-16-17-18-24-38-27-32(37-3)28-39-33(36)31-21-19-20-30(25-31)26-35-23-22-34(5-2)29-35/h19-23,25,32H,4-18,24,26-29H2,1-3H3. The molecule has 6 nitrogen and oxygen atoms in total. The van der Waals surface area contributed by atoms with Crippen LogP contribution >= 0.6 is 0 Å². The van der Waals surface area contributed by atoms with Gasteiger partial charge in [0, 0.05) is 39.2 Å². The average Bonchev–Trinajstić information content (AvgIpc) is 3.41. The molecular weight excluding hydrogens is 488 g/mol. The number of hydrogen-bond acceptors (Lipinski definition) is 6. The summed E-state index contributed by atoms with van der Waals surface area (Å²) in [5.74, 6) is -0.321. The third kappa shape index (κ3) is 15.4. The van der Waals surface area contributed by atoms with Crippen molar-refractivity contribution in [1.82, 2.24) is 9.80 Å². The second-order valence-corrected chi connectivity index (χ2v) is 10.9. The van der Waals surface area contributed by atoms with E-state index in [4.69, 9.17) is 14.2 Å². The maximum atomic E-state index is 12.6. The highest BCUT2D eigenvalue weighted by Gasteiger charge is 2.15. The van der Waals surface area contributed by atoms with Crippen molar-refractivity contribution in [3.05, 3.63) is 47.8 Å². The highest BCUT2D eigenvalue weighted by molar-refractivity contribution is 5.89. The molecule has 0 saturated heterocycles.